The molecule has 0 aliphatic rings. The van der Waals surface area contributed by atoms with Crippen molar-refractivity contribution in [2.75, 3.05) is 0 Å². The van der Waals surface area contributed by atoms with Crippen molar-refractivity contribution >= 4 is 17.1 Å². The lowest BCUT2D eigenvalue weighted by molar-refractivity contribution is 0.0458. The molecule has 0 saturated carbocycles. The van der Waals surface area contributed by atoms with Crippen molar-refractivity contribution < 1.29 is 9.53 Å². The first-order valence-electron chi connectivity index (χ1n) is 9.92. The molecule has 0 atom stereocenters. The molecule has 0 spiro atoms. The Balaban J connectivity index is 1.99. The first-order valence-corrected chi connectivity index (χ1v) is 9.92. The third kappa shape index (κ3) is 4.31. The van der Waals surface area contributed by atoms with Crippen molar-refractivity contribution in [2.45, 2.75) is 59.7 Å². The van der Waals surface area contributed by atoms with Gasteiger partial charge >= 0.3 is 11.7 Å². The van der Waals surface area contributed by atoms with Gasteiger partial charge in [0.25, 0.3) is 5.56 Å². The largest absolute Gasteiger partial charge is 0.454 e. The minimum absolute atomic E-state index is 0.0805. The molecular weight excluding hydrogens is 372 g/mol. The number of fused-ring (bicyclic) bond motifs is 1. The van der Waals surface area contributed by atoms with Gasteiger partial charge in [0.05, 0.1) is 5.56 Å². The van der Waals surface area contributed by atoms with E-state index in [1.165, 1.54) is 4.57 Å². The highest BCUT2D eigenvalue weighted by Gasteiger charge is 2.19. The summed E-state index contributed by atoms with van der Waals surface area (Å²) in [6, 6.07) is 7.14. The van der Waals surface area contributed by atoms with Crippen LogP contribution in [0.25, 0.3) is 11.2 Å². The van der Waals surface area contributed by atoms with E-state index in [-0.39, 0.29) is 6.61 Å². The van der Waals surface area contributed by atoms with Gasteiger partial charge in [0.2, 0.25) is 0 Å². The molecule has 0 amide bonds. The maximum Gasteiger partial charge on any atom is 0.338 e. The number of aromatic nitrogens is 4. The number of esters is 1. The summed E-state index contributed by atoms with van der Waals surface area (Å²) >= 11 is 0. The van der Waals surface area contributed by atoms with E-state index in [9.17, 15) is 14.4 Å². The maximum atomic E-state index is 12.5. The van der Waals surface area contributed by atoms with Crippen LogP contribution in [0.3, 0.4) is 0 Å². The molecule has 0 radical (unpaired) electrons. The normalized spacial score (nSPS) is 11.1. The molecule has 0 aliphatic carbocycles. The van der Waals surface area contributed by atoms with Crippen molar-refractivity contribution in [1.82, 2.24) is 19.1 Å². The Morgan fingerprint density at radius 3 is 2.62 bits per heavy atom. The molecule has 8 nitrogen and oxygen atoms in total. The molecule has 1 N–H and O–H groups in total. The number of carbonyl (C=O) groups excluding carboxylic acids is 1. The van der Waals surface area contributed by atoms with Crippen molar-refractivity contribution in [3.05, 3.63) is 62.1 Å². The van der Waals surface area contributed by atoms with Crippen molar-refractivity contribution in [2.24, 2.45) is 0 Å². The molecule has 0 aliphatic heterocycles. The number of rotatable bonds is 8. The molecule has 1 aromatic carbocycles. The Hall–Kier alpha value is -3.16. The summed E-state index contributed by atoms with van der Waals surface area (Å²) in [7, 11) is 0. The lowest BCUT2D eigenvalue weighted by Crippen LogP contribution is -2.31. The highest BCUT2D eigenvalue weighted by atomic mass is 16.5. The van der Waals surface area contributed by atoms with Crippen LogP contribution in [-0.2, 0) is 24.4 Å². The number of unbranched alkanes of at least 4 members (excludes halogenated alkanes) is 1. The zero-order valence-electron chi connectivity index (χ0n) is 17.0. The number of hydrogen-bond acceptors (Lipinski definition) is 5. The van der Waals surface area contributed by atoms with Crippen LogP contribution in [0.4, 0.5) is 0 Å². The van der Waals surface area contributed by atoms with Gasteiger partial charge in [-0.05, 0) is 31.9 Å². The van der Waals surface area contributed by atoms with Gasteiger partial charge in [-0.2, -0.15) is 0 Å². The Bertz CT molecular complexity index is 1140. The van der Waals surface area contributed by atoms with Crippen molar-refractivity contribution in [3.63, 3.8) is 0 Å². The second kappa shape index (κ2) is 8.89. The number of aromatic amines is 1. The lowest BCUT2D eigenvalue weighted by Gasteiger charge is -2.09. The summed E-state index contributed by atoms with van der Waals surface area (Å²) in [5.41, 5.74) is 1.15. The molecular formula is C21H26N4O4. The number of imidazole rings is 1. The quantitative estimate of drug-likeness (QED) is 0.588. The topological polar surface area (TPSA) is 99.0 Å². The van der Waals surface area contributed by atoms with Crippen LogP contribution in [0.1, 0.15) is 54.9 Å². The van der Waals surface area contributed by atoms with E-state index < -0.39 is 17.2 Å². The van der Waals surface area contributed by atoms with E-state index in [4.69, 9.17) is 4.74 Å². The highest BCUT2D eigenvalue weighted by molar-refractivity contribution is 5.89. The Morgan fingerprint density at radius 1 is 1.14 bits per heavy atom. The molecule has 0 unspecified atom stereocenters. The second-order valence-corrected chi connectivity index (χ2v) is 7.06. The standard InChI is InChI=1S/C21H26N4O4/c1-4-6-11-25-18-17(19(26)23-21(25)28)24(10-5-2)16(22-18)13-29-20(27)15-9-7-8-14(3)12-15/h7-9,12H,4-6,10-11,13H2,1-3H3,(H,23,26,28). The number of ether oxygens (including phenoxy) is 1. The molecule has 154 valence electrons. The van der Waals surface area contributed by atoms with E-state index in [1.54, 1.807) is 22.8 Å². The summed E-state index contributed by atoms with van der Waals surface area (Å²) in [5, 5.41) is 0. The summed E-state index contributed by atoms with van der Waals surface area (Å²) < 4.78 is 8.67. The molecule has 3 rings (SSSR count). The van der Waals surface area contributed by atoms with Gasteiger partial charge in [-0.15, -0.1) is 0 Å². The number of nitrogens with zero attached hydrogens (tertiary/aromatic N) is 3. The summed E-state index contributed by atoms with van der Waals surface area (Å²) in [4.78, 5) is 44.1. The van der Waals surface area contributed by atoms with E-state index in [0.29, 0.717) is 35.6 Å². The number of benzene rings is 1. The fourth-order valence-electron chi connectivity index (χ4n) is 3.30. The zero-order valence-corrected chi connectivity index (χ0v) is 17.0. The van der Waals surface area contributed by atoms with Gasteiger partial charge in [-0.1, -0.05) is 38.0 Å². The predicted molar refractivity (Wildman–Crippen MR) is 110 cm³/mol. The van der Waals surface area contributed by atoms with Gasteiger partial charge in [-0.25, -0.2) is 14.6 Å². The molecule has 3 aromatic rings. The van der Waals surface area contributed by atoms with Crippen LogP contribution in [-0.4, -0.2) is 25.1 Å². The van der Waals surface area contributed by atoms with E-state index >= 15 is 0 Å². The average molecular weight is 398 g/mol. The number of hydrogen-bond donors (Lipinski definition) is 1. The van der Waals surface area contributed by atoms with Crippen LogP contribution < -0.4 is 11.2 Å². The smallest absolute Gasteiger partial charge is 0.338 e. The van der Waals surface area contributed by atoms with Gasteiger partial charge < -0.3 is 9.30 Å². The molecule has 0 saturated heterocycles. The molecule has 29 heavy (non-hydrogen) atoms. The maximum absolute atomic E-state index is 12.5. The summed E-state index contributed by atoms with van der Waals surface area (Å²) in [5.74, 6) is -0.00899. The van der Waals surface area contributed by atoms with Crippen LogP contribution in [0.15, 0.2) is 33.9 Å². The average Bonchev–Trinajstić information content (AvgIpc) is 3.05. The number of nitrogens with one attached hydrogen (secondary N) is 1. The van der Waals surface area contributed by atoms with Gasteiger partial charge in [0.15, 0.2) is 11.2 Å². The van der Waals surface area contributed by atoms with E-state index in [2.05, 4.69) is 9.97 Å². The zero-order chi connectivity index (χ0) is 21.0. The Labute approximate surface area is 168 Å². The number of aryl methyl sites for hydroxylation is 3. The summed E-state index contributed by atoms with van der Waals surface area (Å²) in [6.45, 7) is 6.83. The first-order chi connectivity index (χ1) is 14.0. The van der Waals surface area contributed by atoms with Crippen molar-refractivity contribution in [3.8, 4) is 0 Å². The number of carbonyl (C=O) groups is 1. The minimum atomic E-state index is -0.477. The third-order valence-electron chi connectivity index (χ3n) is 4.73. The molecule has 2 aromatic heterocycles. The SMILES string of the molecule is CCCCn1c(=O)[nH]c(=O)c2c1nc(COC(=O)c1cccc(C)c1)n2CCC. The van der Waals surface area contributed by atoms with Gasteiger partial charge in [-0.3, -0.25) is 14.3 Å². The second-order valence-electron chi connectivity index (χ2n) is 7.06. The molecule has 2 heterocycles. The molecule has 0 fully saturated rings. The van der Waals surface area contributed by atoms with Crippen molar-refractivity contribution in [1.29, 1.82) is 0 Å². The van der Waals surface area contributed by atoms with E-state index in [0.717, 1.165) is 24.8 Å². The van der Waals surface area contributed by atoms with Crippen LogP contribution in [0, 0.1) is 6.92 Å². The minimum Gasteiger partial charge on any atom is -0.454 e. The first kappa shape index (κ1) is 20.6. The Kier molecular flexibility index (Phi) is 6.31. The predicted octanol–water partition coefficient (Wildman–Crippen LogP) is 2.76. The Morgan fingerprint density at radius 2 is 1.93 bits per heavy atom. The fourth-order valence-corrected chi connectivity index (χ4v) is 3.30. The van der Waals surface area contributed by atoms with Crippen LogP contribution in [0.5, 0.6) is 0 Å². The van der Waals surface area contributed by atoms with Gasteiger partial charge in [0.1, 0.15) is 12.4 Å². The lowest BCUT2D eigenvalue weighted by atomic mass is 10.1. The highest BCUT2D eigenvalue weighted by Crippen LogP contribution is 2.15. The molecule has 8 heteroatoms. The third-order valence-corrected chi connectivity index (χ3v) is 4.73. The fraction of sp³-hybridized carbons (Fsp3) is 0.429. The monoisotopic (exact) mass is 398 g/mol. The van der Waals surface area contributed by atoms with Crippen LogP contribution in [0.2, 0.25) is 0 Å². The van der Waals surface area contributed by atoms with Gasteiger partial charge in [0, 0.05) is 13.1 Å². The van der Waals surface area contributed by atoms with E-state index in [1.807, 2.05) is 26.8 Å². The summed E-state index contributed by atoms with van der Waals surface area (Å²) in [6.07, 6.45) is 2.46. The van der Waals surface area contributed by atoms with Crippen LogP contribution >= 0.6 is 0 Å². The molecule has 0 bridgehead atoms. The number of H-pyrrole nitrogens is 1.